The van der Waals surface area contributed by atoms with Crippen molar-refractivity contribution in [1.82, 2.24) is 15.0 Å². The summed E-state index contributed by atoms with van der Waals surface area (Å²) < 4.78 is 0. The monoisotopic (exact) mass is 384 g/mol. The molecule has 0 fully saturated rings. The van der Waals surface area contributed by atoms with Gasteiger partial charge in [0, 0.05) is 27.9 Å². The standard InChI is InChI=1S/C16H15Cl3N4O/c1-8-12-13(23-16(2,6-17)7-18)10-5-9(19)3-4-11(10)21-14(12)22-15(24)20-8/h3-5H,6-7H2,1-2H3,(H2,20,21,22,23,24). The van der Waals surface area contributed by atoms with Gasteiger partial charge in [-0.2, -0.15) is 4.98 Å². The molecule has 126 valence electrons. The summed E-state index contributed by atoms with van der Waals surface area (Å²) in [6.07, 6.45) is 0. The predicted molar refractivity (Wildman–Crippen MR) is 101 cm³/mol. The number of hydrogen-bond acceptors (Lipinski definition) is 4. The average molecular weight is 386 g/mol. The van der Waals surface area contributed by atoms with E-state index in [1.54, 1.807) is 19.1 Å². The summed E-state index contributed by atoms with van der Waals surface area (Å²) in [5.41, 5.74) is 1.47. The first-order valence-electron chi connectivity index (χ1n) is 7.27. The number of hydrogen-bond donors (Lipinski definition) is 2. The second-order valence-corrected chi connectivity index (χ2v) is 6.94. The number of pyridine rings is 1. The number of H-pyrrole nitrogens is 1. The lowest BCUT2D eigenvalue weighted by Gasteiger charge is -2.29. The molecule has 1 aromatic carbocycles. The Morgan fingerprint density at radius 2 is 1.96 bits per heavy atom. The van der Waals surface area contributed by atoms with Crippen molar-refractivity contribution in [2.24, 2.45) is 0 Å². The average Bonchev–Trinajstić information content (AvgIpc) is 2.54. The Morgan fingerprint density at radius 1 is 1.25 bits per heavy atom. The van der Waals surface area contributed by atoms with Crippen LogP contribution in [0.3, 0.4) is 0 Å². The third-order valence-corrected chi connectivity index (χ3v) is 5.24. The molecule has 0 unspecified atom stereocenters. The first-order valence-corrected chi connectivity index (χ1v) is 8.71. The van der Waals surface area contributed by atoms with E-state index >= 15 is 0 Å². The van der Waals surface area contributed by atoms with Gasteiger partial charge >= 0.3 is 5.69 Å². The molecule has 0 bridgehead atoms. The van der Waals surface area contributed by atoms with Crippen molar-refractivity contribution < 1.29 is 0 Å². The Morgan fingerprint density at radius 3 is 2.62 bits per heavy atom. The number of aromatic amines is 1. The van der Waals surface area contributed by atoms with Crippen LogP contribution in [0.5, 0.6) is 0 Å². The first kappa shape index (κ1) is 17.3. The van der Waals surface area contributed by atoms with E-state index < -0.39 is 11.2 Å². The van der Waals surface area contributed by atoms with E-state index in [1.807, 2.05) is 13.0 Å². The van der Waals surface area contributed by atoms with Crippen molar-refractivity contribution in [2.45, 2.75) is 19.4 Å². The fourth-order valence-corrected chi connectivity index (χ4v) is 3.13. The van der Waals surface area contributed by atoms with E-state index in [-0.39, 0.29) is 0 Å². The molecule has 0 amide bonds. The second kappa shape index (κ2) is 6.39. The minimum Gasteiger partial charge on any atom is -0.376 e. The molecule has 2 heterocycles. The molecule has 0 saturated carbocycles. The molecule has 0 saturated heterocycles. The summed E-state index contributed by atoms with van der Waals surface area (Å²) in [4.78, 5) is 22.9. The van der Waals surface area contributed by atoms with Crippen LogP contribution in [0.25, 0.3) is 21.9 Å². The molecule has 5 nitrogen and oxygen atoms in total. The summed E-state index contributed by atoms with van der Waals surface area (Å²) >= 11 is 18.4. The number of fused-ring (bicyclic) bond motifs is 2. The summed E-state index contributed by atoms with van der Waals surface area (Å²) in [5.74, 6) is 0.608. The fourth-order valence-electron chi connectivity index (χ4n) is 2.54. The minimum atomic E-state index is -0.546. The smallest absolute Gasteiger partial charge is 0.347 e. The first-order chi connectivity index (χ1) is 11.4. The second-order valence-electron chi connectivity index (χ2n) is 5.97. The van der Waals surface area contributed by atoms with Crippen LogP contribution in [0.2, 0.25) is 5.02 Å². The van der Waals surface area contributed by atoms with Gasteiger partial charge in [-0.1, -0.05) is 11.6 Å². The highest BCUT2D eigenvalue weighted by Crippen LogP contribution is 2.34. The SMILES string of the molecule is Cc1[nH]c(=O)nc2nc3ccc(Cl)cc3c(NC(C)(CCl)CCl)c12. The maximum Gasteiger partial charge on any atom is 0.347 e. The molecule has 0 spiro atoms. The molecule has 2 N–H and O–H groups in total. The molecule has 24 heavy (non-hydrogen) atoms. The Hall–Kier alpha value is -1.56. The fraction of sp³-hybridized carbons (Fsp3) is 0.312. The molecular formula is C16H15Cl3N4O. The van der Waals surface area contributed by atoms with E-state index in [2.05, 4.69) is 20.3 Å². The van der Waals surface area contributed by atoms with Gasteiger partial charge in [-0.05, 0) is 32.0 Å². The molecule has 0 aliphatic heterocycles. The van der Waals surface area contributed by atoms with Crippen LogP contribution in [-0.4, -0.2) is 32.3 Å². The highest BCUT2D eigenvalue weighted by atomic mass is 35.5. The molecular weight excluding hydrogens is 371 g/mol. The summed E-state index contributed by atoms with van der Waals surface area (Å²) in [5, 5.41) is 5.51. The van der Waals surface area contributed by atoms with Gasteiger partial charge in [0.1, 0.15) is 0 Å². The van der Waals surface area contributed by atoms with Gasteiger partial charge in [0.2, 0.25) is 0 Å². The Kier molecular flexibility index (Phi) is 4.60. The molecule has 0 atom stereocenters. The lowest BCUT2D eigenvalue weighted by Crippen LogP contribution is -2.39. The van der Waals surface area contributed by atoms with E-state index in [4.69, 9.17) is 34.8 Å². The van der Waals surface area contributed by atoms with Gasteiger partial charge in [-0.25, -0.2) is 9.78 Å². The van der Waals surface area contributed by atoms with Crippen molar-refractivity contribution in [3.8, 4) is 0 Å². The summed E-state index contributed by atoms with van der Waals surface area (Å²) in [6.45, 7) is 3.72. The number of alkyl halides is 2. The molecule has 0 aliphatic carbocycles. The number of halogens is 3. The van der Waals surface area contributed by atoms with Crippen LogP contribution in [0.4, 0.5) is 5.69 Å². The van der Waals surface area contributed by atoms with Crippen LogP contribution in [0.1, 0.15) is 12.6 Å². The van der Waals surface area contributed by atoms with Crippen molar-refractivity contribution in [3.63, 3.8) is 0 Å². The molecule has 8 heteroatoms. The molecule has 3 aromatic rings. The van der Waals surface area contributed by atoms with Crippen molar-refractivity contribution in [3.05, 3.63) is 39.4 Å². The lowest BCUT2D eigenvalue weighted by atomic mass is 10.0. The molecule has 2 aromatic heterocycles. The zero-order chi connectivity index (χ0) is 17.5. The van der Waals surface area contributed by atoms with Gasteiger partial charge in [0.25, 0.3) is 0 Å². The Balaban J connectivity index is 2.43. The van der Waals surface area contributed by atoms with Gasteiger partial charge in [-0.3, -0.25) is 0 Å². The number of nitrogens with one attached hydrogen (secondary N) is 2. The van der Waals surface area contributed by atoms with E-state index in [9.17, 15) is 4.79 Å². The zero-order valence-corrected chi connectivity index (χ0v) is 15.4. The van der Waals surface area contributed by atoms with Crippen LogP contribution in [-0.2, 0) is 0 Å². The predicted octanol–water partition coefficient (Wildman–Crippen LogP) is 4.08. The van der Waals surface area contributed by atoms with Crippen molar-refractivity contribution >= 4 is 62.4 Å². The lowest BCUT2D eigenvalue weighted by molar-refractivity contribution is 0.651. The Labute approximate surface area is 153 Å². The van der Waals surface area contributed by atoms with Crippen molar-refractivity contribution in [1.29, 1.82) is 0 Å². The number of nitrogens with zero attached hydrogens (tertiary/aromatic N) is 2. The molecule has 0 radical (unpaired) electrons. The number of aryl methyl sites for hydroxylation is 1. The van der Waals surface area contributed by atoms with E-state index in [0.29, 0.717) is 39.0 Å². The van der Waals surface area contributed by atoms with Crippen LogP contribution < -0.4 is 11.0 Å². The largest absolute Gasteiger partial charge is 0.376 e. The highest BCUT2D eigenvalue weighted by molar-refractivity contribution is 6.31. The third-order valence-electron chi connectivity index (χ3n) is 3.82. The van der Waals surface area contributed by atoms with Gasteiger partial charge < -0.3 is 10.3 Å². The summed E-state index contributed by atoms with van der Waals surface area (Å²) in [7, 11) is 0. The number of anilines is 1. The van der Waals surface area contributed by atoms with Crippen LogP contribution in [0.15, 0.2) is 23.0 Å². The van der Waals surface area contributed by atoms with Crippen molar-refractivity contribution in [2.75, 3.05) is 17.1 Å². The maximum atomic E-state index is 11.7. The van der Waals surface area contributed by atoms with Crippen LogP contribution >= 0.6 is 34.8 Å². The highest BCUT2D eigenvalue weighted by Gasteiger charge is 2.25. The normalized spacial score (nSPS) is 12.0. The topological polar surface area (TPSA) is 70.7 Å². The van der Waals surface area contributed by atoms with Gasteiger partial charge in [-0.15, -0.1) is 23.2 Å². The number of aromatic nitrogens is 3. The third kappa shape index (κ3) is 3.04. The Bertz CT molecular complexity index is 982. The number of rotatable bonds is 4. The zero-order valence-electron chi connectivity index (χ0n) is 13.1. The maximum absolute atomic E-state index is 11.7. The molecule has 0 aliphatic rings. The quantitative estimate of drug-likeness (QED) is 0.524. The van der Waals surface area contributed by atoms with Crippen LogP contribution in [0, 0.1) is 6.92 Å². The molecule has 3 rings (SSSR count). The summed E-state index contributed by atoms with van der Waals surface area (Å²) in [6, 6.07) is 5.35. The van der Waals surface area contributed by atoms with E-state index in [0.717, 1.165) is 11.1 Å². The number of benzene rings is 1. The minimum absolute atomic E-state index is 0.304. The van der Waals surface area contributed by atoms with Gasteiger partial charge in [0.05, 0.1) is 22.1 Å². The van der Waals surface area contributed by atoms with E-state index in [1.165, 1.54) is 0 Å². The van der Waals surface area contributed by atoms with Gasteiger partial charge in [0.15, 0.2) is 5.65 Å².